The van der Waals surface area contributed by atoms with Gasteiger partial charge >= 0.3 is 5.97 Å². The molecule has 1 aromatic carbocycles. The summed E-state index contributed by atoms with van der Waals surface area (Å²) >= 11 is 5.18. The van der Waals surface area contributed by atoms with Crippen LogP contribution in [-0.4, -0.2) is 48.9 Å². The molecule has 0 bridgehead atoms. The van der Waals surface area contributed by atoms with Crippen molar-refractivity contribution in [2.24, 2.45) is 0 Å². The van der Waals surface area contributed by atoms with Crippen molar-refractivity contribution in [3.63, 3.8) is 0 Å². The molecule has 2 heterocycles. The first-order chi connectivity index (χ1) is 12.5. The van der Waals surface area contributed by atoms with Crippen molar-refractivity contribution in [2.75, 3.05) is 27.2 Å². The maximum atomic E-state index is 12.8. The Bertz CT molecular complexity index is 808. The molecule has 7 heteroatoms. The average Bonchev–Trinajstić information content (AvgIpc) is 3.09. The molecular weight excluding hydrogens is 416 g/mol. The molecule has 0 unspecified atom stereocenters. The number of amides is 1. The highest BCUT2D eigenvalue weighted by Crippen LogP contribution is 2.26. The normalized spacial score (nSPS) is 14.8. The van der Waals surface area contributed by atoms with Gasteiger partial charge in [-0.3, -0.25) is 9.69 Å². The first-order valence-corrected chi connectivity index (χ1v) is 10.0. The fraction of sp³-hybridized carbons (Fsp3) is 0.368. The minimum atomic E-state index is -0.622. The number of hydrogen-bond acceptors (Lipinski definition) is 5. The summed E-state index contributed by atoms with van der Waals surface area (Å²) in [5.41, 5.74) is 2.02. The van der Waals surface area contributed by atoms with Gasteiger partial charge < -0.3 is 9.64 Å². The zero-order valence-corrected chi connectivity index (χ0v) is 17.2. The Morgan fingerprint density at radius 1 is 1.38 bits per heavy atom. The number of benzene rings is 1. The van der Waals surface area contributed by atoms with E-state index in [1.165, 1.54) is 17.6 Å². The highest BCUT2D eigenvalue weighted by molar-refractivity contribution is 9.10. The second-order valence-electron chi connectivity index (χ2n) is 6.33. The molecule has 1 aliphatic heterocycles. The van der Waals surface area contributed by atoms with Crippen LogP contribution < -0.4 is 0 Å². The summed E-state index contributed by atoms with van der Waals surface area (Å²) in [6, 6.07) is 8.97. The summed E-state index contributed by atoms with van der Waals surface area (Å²) in [6.07, 6.45) is 0.897. The largest absolute Gasteiger partial charge is 0.468 e. The summed E-state index contributed by atoms with van der Waals surface area (Å²) < 4.78 is 5.85. The molecular formula is C19H21BrN2O3S. The van der Waals surface area contributed by atoms with Crippen LogP contribution in [0.15, 0.2) is 40.2 Å². The van der Waals surface area contributed by atoms with Gasteiger partial charge in [-0.25, -0.2) is 4.79 Å². The van der Waals surface area contributed by atoms with E-state index in [0.717, 1.165) is 23.0 Å². The van der Waals surface area contributed by atoms with Crippen LogP contribution in [0.1, 0.15) is 22.0 Å². The Balaban J connectivity index is 1.72. The zero-order valence-electron chi connectivity index (χ0n) is 14.8. The molecule has 1 aromatic heterocycles. The van der Waals surface area contributed by atoms with E-state index in [1.807, 2.05) is 29.2 Å². The van der Waals surface area contributed by atoms with Crippen molar-refractivity contribution in [1.29, 1.82) is 0 Å². The fourth-order valence-corrected chi connectivity index (χ4v) is 4.53. The van der Waals surface area contributed by atoms with Crippen molar-refractivity contribution >= 4 is 39.1 Å². The number of methoxy groups -OCH3 is 1. The van der Waals surface area contributed by atoms with Gasteiger partial charge in [-0.05, 0) is 48.2 Å². The molecule has 3 rings (SSSR count). The Labute approximate surface area is 165 Å². The zero-order chi connectivity index (χ0) is 18.7. The molecule has 1 aliphatic rings. The lowest BCUT2D eigenvalue weighted by Crippen LogP contribution is -2.43. The van der Waals surface area contributed by atoms with Crippen molar-refractivity contribution < 1.29 is 14.3 Å². The molecule has 2 aromatic rings. The third kappa shape index (κ3) is 4.16. The first kappa shape index (κ1) is 19.1. The lowest BCUT2D eigenvalue weighted by molar-refractivity contribution is -0.148. The highest BCUT2D eigenvalue weighted by atomic mass is 79.9. The van der Waals surface area contributed by atoms with E-state index >= 15 is 0 Å². The number of thiophene rings is 1. The second-order valence-corrected chi connectivity index (χ2v) is 8.25. The number of nitrogens with zero attached hydrogens (tertiary/aromatic N) is 2. The molecule has 0 saturated carbocycles. The average molecular weight is 437 g/mol. The number of carbonyl (C=O) groups is 2. The van der Waals surface area contributed by atoms with Crippen molar-refractivity contribution in [3.8, 4) is 0 Å². The molecule has 26 heavy (non-hydrogen) atoms. The maximum Gasteiger partial charge on any atom is 0.327 e. The van der Waals surface area contributed by atoms with Gasteiger partial charge in [0.1, 0.15) is 6.04 Å². The summed E-state index contributed by atoms with van der Waals surface area (Å²) in [7, 11) is 3.14. The van der Waals surface area contributed by atoms with E-state index in [9.17, 15) is 9.59 Å². The van der Waals surface area contributed by atoms with Crippen LogP contribution in [0.25, 0.3) is 0 Å². The second kappa shape index (κ2) is 8.33. The van der Waals surface area contributed by atoms with Crippen LogP contribution in [0, 0.1) is 0 Å². The smallest absolute Gasteiger partial charge is 0.327 e. The van der Waals surface area contributed by atoms with E-state index < -0.39 is 6.04 Å². The predicted octanol–water partition coefficient (Wildman–Crippen LogP) is 3.24. The van der Waals surface area contributed by atoms with Crippen LogP contribution >= 0.6 is 27.3 Å². The lowest BCUT2D eigenvalue weighted by Gasteiger charge is -2.31. The molecule has 0 spiro atoms. The maximum absolute atomic E-state index is 12.8. The Morgan fingerprint density at radius 3 is 2.92 bits per heavy atom. The Kier molecular flexibility index (Phi) is 6.11. The Hall–Kier alpha value is -1.70. The minimum Gasteiger partial charge on any atom is -0.468 e. The third-order valence-electron chi connectivity index (χ3n) is 4.57. The van der Waals surface area contributed by atoms with Gasteiger partial charge in [0, 0.05) is 22.4 Å². The molecule has 138 valence electrons. The first-order valence-electron chi connectivity index (χ1n) is 8.36. The minimum absolute atomic E-state index is 0.0215. The van der Waals surface area contributed by atoms with Gasteiger partial charge in [-0.15, -0.1) is 11.3 Å². The van der Waals surface area contributed by atoms with Gasteiger partial charge in [0.2, 0.25) is 5.91 Å². The molecule has 0 N–H and O–H groups in total. The number of carbonyl (C=O) groups excluding carboxylic acids is 2. The van der Waals surface area contributed by atoms with Gasteiger partial charge in [-0.2, -0.15) is 0 Å². The number of esters is 1. The number of likely N-dealkylation sites (N-methyl/N-ethyl adjacent to an activating group) is 1. The molecule has 5 nitrogen and oxygen atoms in total. The SMILES string of the molecule is COC(=O)[C@@H](c1cccc(Br)c1)N(C)CC(=O)N1CCc2sccc2C1. The van der Waals surface area contributed by atoms with E-state index in [-0.39, 0.29) is 18.4 Å². The van der Waals surface area contributed by atoms with Crippen LogP contribution in [0.4, 0.5) is 0 Å². The predicted molar refractivity (Wildman–Crippen MR) is 105 cm³/mol. The van der Waals surface area contributed by atoms with E-state index in [4.69, 9.17) is 4.74 Å². The standard InChI is InChI=1S/C19H21BrN2O3S/c1-21(18(19(24)25-2)13-4-3-5-15(20)10-13)12-17(23)22-8-6-16-14(11-22)7-9-26-16/h3-5,7,9-10,18H,6,8,11-12H2,1-2H3/t18-/m1/s1. The molecule has 0 radical (unpaired) electrons. The highest BCUT2D eigenvalue weighted by Gasteiger charge is 2.30. The van der Waals surface area contributed by atoms with Crippen LogP contribution in [0.3, 0.4) is 0 Å². The molecule has 1 amide bonds. The quantitative estimate of drug-likeness (QED) is 0.674. The number of halogens is 1. The summed E-state index contributed by atoms with van der Waals surface area (Å²) in [5.74, 6) is -0.356. The number of rotatable bonds is 5. The van der Waals surface area contributed by atoms with E-state index in [1.54, 1.807) is 23.3 Å². The van der Waals surface area contributed by atoms with Gasteiger partial charge in [0.25, 0.3) is 0 Å². The van der Waals surface area contributed by atoms with Crippen LogP contribution in [-0.2, 0) is 27.3 Å². The van der Waals surface area contributed by atoms with Crippen LogP contribution in [0.5, 0.6) is 0 Å². The molecule has 1 atom stereocenters. The lowest BCUT2D eigenvalue weighted by atomic mass is 10.1. The van der Waals surface area contributed by atoms with Crippen LogP contribution in [0.2, 0.25) is 0 Å². The number of fused-ring (bicyclic) bond motifs is 1. The third-order valence-corrected chi connectivity index (χ3v) is 6.09. The van der Waals surface area contributed by atoms with E-state index in [0.29, 0.717) is 6.54 Å². The number of hydrogen-bond donors (Lipinski definition) is 0. The van der Waals surface area contributed by atoms with Crippen molar-refractivity contribution in [3.05, 3.63) is 56.2 Å². The van der Waals surface area contributed by atoms with Crippen molar-refractivity contribution in [2.45, 2.75) is 19.0 Å². The van der Waals surface area contributed by atoms with Gasteiger partial charge in [0.15, 0.2) is 0 Å². The van der Waals surface area contributed by atoms with Gasteiger partial charge in [-0.1, -0.05) is 28.1 Å². The van der Waals surface area contributed by atoms with E-state index in [2.05, 4.69) is 27.4 Å². The van der Waals surface area contributed by atoms with Gasteiger partial charge in [0.05, 0.1) is 13.7 Å². The fourth-order valence-electron chi connectivity index (χ4n) is 3.22. The monoisotopic (exact) mass is 436 g/mol. The summed E-state index contributed by atoms with van der Waals surface area (Å²) in [4.78, 5) is 30.1. The van der Waals surface area contributed by atoms with Crippen molar-refractivity contribution in [1.82, 2.24) is 9.80 Å². The Morgan fingerprint density at radius 2 is 2.19 bits per heavy atom. The summed E-state index contributed by atoms with van der Waals surface area (Å²) in [5, 5.41) is 2.07. The topological polar surface area (TPSA) is 49.9 Å². The number of ether oxygens (including phenoxy) is 1. The molecule has 0 saturated heterocycles. The summed E-state index contributed by atoms with van der Waals surface area (Å²) in [6.45, 7) is 1.52. The molecule has 0 fully saturated rings. The molecule has 0 aliphatic carbocycles.